The van der Waals surface area contributed by atoms with Gasteiger partial charge in [-0.25, -0.2) is 0 Å². The average Bonchev–Trinajstić information content (AvgIpc) is 2.22. The van der Waals surface area contributed by atoms with Crippen molar-refractivity contribution in [1.82, 2.24) is 4.90 Å². The standard InChI is InChI=1S/C13H25NO/c1-11-5-7-14(8-6-11)10-12-3-2-4-13(15)9-12/h11-13,15H,2-10H2,1H3. The molecule has 88 valence electrons. The molecule has 0 spiro atoms. The lowest BCUT2D eigenvalue weighted by molar-refractivity contribution is 0.0757. The van der Waals surface area contributed by atoms with Gasteiger partial charge >= 0.3 is 0 Å². The second kappa shape index (κ2) is 5.31. The van der Waals surface area contributed by atoms with Crippen LogP contribution in [0.5, 0.6) is 0 Å². The molecule has 1 aliphatic heterocycles. The van der Waals surface area contributed by atoms with Crippen LogP contribution in [0, 0.1) is 11.8 Å². The first kappa shape index (κ1) is 11.4. The van der Waals surface area contributed by atoms with E-state index in [9.17, 15) is 5.11 Å². The predicted molar refractivity (Wildman–Crippen MR) is 62.8 cm³/mol. The minimum Gasteiger partial charge on any atom is -0.393 e. The Kier molecular flexibility index (Phi) is 4.04. The first-order valence-corrected chi connectivity index (χ1v) is 6.64. The van der Waals surface area contributed by atoms with E-state index in [1.807, 2.05) is 0 Å². The largest absolute Gasteiger partial charge is 0.393 e. The highest BCUT2D eigenvalue weighted by molar-refractivity contribution is 4.77. The minimum absolute atomic E-state index is 0.00698. The molecular formula is C13H25NO. The van der Waals surface area contributed by atoms with E-state index in [2.05, 4.69) is 11.8 Å². The Hall–Kier alpha value is -0.0800. The van der Waals surface area contributed by atoms with Crippen molar-refractivity contribution in [2.75, 3.05) is 19.6 Å². The fourth-order valence-electron chi connectivity index (χ4n) is 3.04. The molecule has 2 heteroatoms. The lowest BCUT2D eigenvalue weighted by atomic mass is 9.86. The number of nitrogens with zero attached hydrogens (tertiary/aromatic N) is 1. The maximum absolute atomic E-state index is 9.63. The van der Waals surface area contributed by atoms with Crippen LogP contribution in [0.2, 0.25) is 0 Å². The van der Waals surface area contributed by atoms with Gasteiger partial charge in [-0.15, -0.1) is 0 Å². The number of hydrogen-bond acceptors (Lipinski definition) is 2. The zero-order valence-electron chi connectivity index (χ0n) is 9.99. The molecule has 1 saturated heterocycles. The fraction of sp³-hybridized carbons (Fsp3) is 1.00. The second-order valence-corrected chi connectivity index (χ2v) is 5.67. The van der Waals surface area contributed by atoms with Crippen LogP contribution in [-0.4, -0.2) is 35.7 Å². The normalized spacial score (nSPS) is 35.6. The molecular weight excluding hydrogens is 186 g/mol. The Morgan fingerprint density at radius 3 is 2.53 bits per heavy atom. The number of hydrogen-bond donors (Lipinski definition) is 1. The van der Waals surface area contributed by atoms with E-state index in [-0.39, 0.29) is 6.10 Å². The van der Waals surface area contributed by atoms with Crippen LogP contribution in [0.15, 0.2) is 0 Å². The first-order chi connectivity index (χ1) is 7.24. The van der Waals surface area contributed by atoms with E-state index in [4.69, 9.17) is 0 Å². The second-order valence-electron chi connectivity index (χ2n) is 5.67. The number of rotatable bonds is 2. The third-order valence-electron chi connectivity index (χ3n) is 4.15. The van der Waals surface area contributed by atoms with Crippen molar-refractivity contribution in [3.63, 3.8) is 0 Å². The number of likely N-dealkylation sites (tertiary alicyclic amines) is 1. The van der Waals surface area contributed by atoms with Crippen LogP contribution < -0.4 is 0 Å². The summed E-state index contributed by atoms with van der Waals surface area (Å²) in [6.45, 7) is 6.17. The van der Waals surface area contributed by atoms with Crippen LogP contribution in [0.25, 0.3) is 0 Å². The van der Waals surface area contributed by atoms with Crippen molar-refractivity contribution in [3.05, 3.63) is 0 Å². The lowest BCUT2D eigenvalue weighted by Crippen LogP contribution is -2.38. The monoisotopic (exact) mass is 211 g/mol. The van der Waals surface area contributed by atoms with Gasteiger partial charge in [0, 0.05) is 6.54 Å². The van der Waals surface area contributed by atoms with Gasteiger partial charge in [0.15, 0.2) is 0 Å². The smallest absolute Gasteiger partial charge is 0.0543 e. The number of piperidine rings is 1. The van der Waals surface area contributed by atoms with E-state index in [0.29, 0.717) is 0 Å². The summed E-state index contributed by atoms with van der Waals surface area (Å²) >= 11 is 0. The summed E-state index contributed by atoms with van der Waals surface area (Å²) in [4.78, 5) is 2.61. The van der Waals surface area contributed by atoms with Crippen LogP contribution in [0.3, 0.4) is 0 Å². The maximum atomic E-state index is 9.63. The Morgan fingerprint density at radius 1 is 1.13 bits per heavy atom. The summed E-state index contributed by atoms with van der Waals surface area (Å²) in [5, 5.41) is 9.63. The fourth-order valence-corrected chi connectivity index (χ4v) is 3.04. The number of aliphatic hydroxyl groups is 1. The Bertz CT molecular complexity index is 187. The third-order valence-corrected chi connectivity index (χ3v) is 4.15. The highest BCUT2D eigenvalue weighted by atomic mass is 16.3. The molecule has 1 heterocycles. The van der Waals surface area contributed by atoms with Gasteiger partial charge in [-0.3, -0.25) is 0 Å². The van der Waals surface area contributed by atoms with Crippen molar-refractivity contribution < 1.29 is 5.11 Å². The molecule has 0 aromatic rings. The predicted octanol–water partition coefficient (Wildman–Crippen LogP) is 2.27. The molecule has 15 heavy (non-hydrogen) atoms. The average molecular weight is 211 g/mol. The summed E-state index contributed by atoms with van der Waals surface area (Å²) in [5.41, 5.74) is 0. The van der Waals surface area contributed by atoms with Crippen molar-refractivity contribution in [3.8, 4) is 0 Å². The molecule has 0 bridgehead atoms. The Balaban J connectivity index is 1.71. The molecule has 0 radical (unpaired) electrons. The molecule has 2 atom stereocenters. The first-order valence-electron chi connectivity index (χ1n) is 6.64. The molecule has 1 saturated carbocycles. The molecule has 2 unspecified atom stereocenters. The zero-order chi connectivity index (χ0) is 10.7. The van der Waals surface area contributed by atoms with E-state index in [1.165, 1.54) is 45.3 Å². The molecule has 1 N–H and O–H groups in total. The van der Waals surface area contributed by atoms with Crippen LogP contribution in [0.1, 0.15) is 45.4 Å². The van der Waals surface area contributed by atoms with Crippen LogP contribution >= 0.6 is 0 Å². The van der Waals surface area contributed by atoms with Gasteiger partial charge in [0.25, 0.3) is 0 Å². The molecule has 2 fully saturated rings. The van der Waals surface area contributed by atoms with Gasteiger partial charge < -0.3 is 10.0 Å². The molecule has 0 amide bonds. The summed E-state index contributed by atoms with van der Waals surface area (Å²) < 4.78 is 0. The topological polar surface area (TPSA) is 23.5 Å². The van der Waals surface area contributed by atoms with Crippen molar-refractivity contribution >= 4 is 0 Å². The van der Waals surface area contributed by atoms with Crippen LogP contribution in [-0.2, 0) is 0 Å². The van der Waals surface area contributed by atoms with Crippen LogP contribution in [0.4, 0.5) is 0 Å². The molecule has 2 nitrogen and oxygen atoms in total. The van der Waals surface area contributed by atoms with Gasteiger partial charge in [0.05, 0.1) is 6.10 Å². The summed E-state index contributed by atoms with van der Waals surface area (Å²) in [6, 6.07) is 0. The molecule has 0 aromatic carbocycles. The summed E-state index contributed by atoms with van der Waals surface area (Å²) in [7, 11) is 0. The molecule has 2 aliphatic rings. The third kappa shape index (κ3) is 3.46. The molecule has 1 aliphatic carbocycles. The lowest BCUT2D eigenvalue weighted by Gasteiger charge is -2.35. The van der Waals surface area contributed by atoms with E-state index >= 15 is 0 Å². The van der Waals surface area contributed by atoms with Gasteiger partial charge in [-0.2, -0.15) is 0 Å². The quantitative estimate of drug-likeness (QED) is 0.757. The summed E-state index contributed by atoms with van der Waals surface area (Å²) in [5.74, 6) is 1.69. The maximum Gasteiger partial charge on any atom is 0.0543 e. The van der Waals surface area contributed by atoms with Gasteiger partial charge in [0.2, 0.25) is 0 Å². The Labute approximate surface area is 93.7 Å². The van der Waals surface area contributed by atoms with Gasteiger partial charge in [-0.05, 0) is 57.0 Å². The van der Waals surface area contributed by atoms with Crippen molar-refractivity contribution in [2.24, 2.45) is 11.8 Å². The van der Waals surface area contributed by atoms with E-state index < -0.39 is 0 Å². The number of aliphatic hydroxyl groups excluding tert-OH is 1. The molecule has 2 rings (SSSR count). The van der Waals surface area contributed by atoms with Gasteiger partial charge in [-0.1, -0.05) is 13.3 Å². The van der Waals surface area contributed by atoms with Crippen molar-refractivity contribution in [1.29, 1.82) is 0 Å². The van der Waals surface area contributed by atoms with E-state index in [1.54, 1.807) is 0 Å². The van der Waals surface area contributed by atoms with E-state index in [0.717, 1.165) is 24.7 Å². The summed E-state index contributed by atoms with van der Waals surface area (Å²) in [6.07, 6.45) is 7.39. The van der Waals surface area contributed by atoms with Gasteiger partial charge in [0.1, 0.15) is 0 Å². The highest BCUT2D eigenvalue weighted by Crippen LogP contribution is 2.26. The Morgan fingerprint density at radius 2 is 1.87 bits per heavy atom. The zero-order valence-corrected chi connectivity index (χ0v) is 9.99. The minimum atomic E-state index is -0.00698. The SMILES string of the molecule is CC1CCN(CC2CCCC(O)C2)CC1. The van der Waals surface area contributed by atoms with Crippen molar-refractivity contribution in [2.45, 2.75) is 51.6 Å². The highest BCUT2D eigenvalue weighted by Gasteiger charge is 2.24. The molecule has 0 aromatic heterocycles.